The van der Waals surface area contributed by atoms with Crippen LogP contribution in [0.2, 0.25) is 0 Å². The molecule has 3 rings (SSSR count). The molecule has 0 bridgehead atoms. The summed E-state index contributed by atoms with van der Waals surface area (Å²) in [5.74, 6) is -0.295. The van der Waals surface area contributed by atoms with Gasteiger partial charge < -0.3 is 4.98 Å². The lowest BCUT2D eigenvalue weighted by Gasteiger charge is -2.03. The third kappa shape index (κ3) is 2.87. The van der Waals surface area contributed by atoms with Gasteiger partial charge in [0.2, 0.25) is 0 Å². The standard InChI is InChI=1S/C18H16N2O2S/c1-10-8-11(2)19-9-13(10)4-5-15(21)16-12(3)14-6-7-23-18(14)20-17(16)22/h4-9H,1-3H3,(H,20,22). The number of carbonyl (C=O) groups is 1. The van der Waals surface area contributed by atoms with Crippen molar-refractivity contribution in [1.82, 2.24) is 9.97 Å². The van der Waals surface area contributed by atoms with E-state index in [0.29, 0.717) is 0 Å². The van der Waals surface area contributed by atoms with Crippen molar-refractivity contribution in [3.05, 3.63) is 68.1 Å². The van der Waals surface area contributed by atoms with Gasteiger partial charge in [-0.3, -0.25) is 14.6 Å². The van der Waals surface area contributed by atoms with Crippen LogP contribution >= 0.6 is 11.3 Å². The normalized spacial score (nSPS) is 11.4. The lowest BCUT2D eigenvalue weighted by molar-refractivity contribution is 0.104. The minimum Gasteiger partial charge on any atom is -0.313 e. The zero-order valence-electron chi connectivity index (χ0n) is 13.1. The third-order valence-electron chi connectivity index (χ3n) is 3.85. The number of pyridine rings is 2. The summed E-state index contributed by atoms with van der Waals surface area (Å²) in [4.78, 5) is 32.5. The van der Waals surface area contributed by atoms with Crippen LogP contribution < -0.4 is 5.56 Å². The number of aromatic nitrogens is 2. The Hall–Kier alpha value is -2.53. The molecule has 3 aromatic rings. The average molecular weight is 324 g/mol. The van der Waals surface area contributed by atoms with Gasteiger partial charge >= 0.3 is 0 Å². The van der Waals surface area contributed by atoms with E-state index in [-0.39, 0.29) is 16.9 Å². The Balaban J connectivity index is 2.00. The smallest absolute Gasteiger partial charge is 0.260 e. The SMILES string of the molecule is Cc1cc(C)c(C=CC(=O)c2c(C)c3ccsc3[nH]c2=O)cn1. The number of rotatable bonds is 3. The van der Waals surface area contributed by atoms with Gasteiger partial charge in [-0.15, -0.1) is 11.3 Å². The van der Waals surface area contributed by atoms with Crippen LogP contribution in [-0.4, -0.2) is 15.8 Å². The lowest BCUT2D eigenvalue weighted by Crippen LogP contribution is -2.18. The Labute approximate surface area is 137 Å². The number of allylic oxidation sites excluding steroid dienone is 1. The minimum atomic E-state index is -0.342. The second-order valence-electron chi connectivity index (χ2n) is 5.50. The lowest BCUT2D eigenvalue weighted by atomic mass is 10.0. The quantitative estimate of drug-likeness (QED) is 0.588. The monoisotopic (exact) mass is 324 g/mol. The predicted molar refractivity (Wildman–Crippen MR) is 94.3 cm³/mol. The molecule has 4 nitrogen and oxygen atoms in total. The molecule has 0 aliphatic heterocycles. The molecule has 116 valence electrons. The molecular formula is C18H16N2O2S. The highest BCUT2D eigenvalue weighted by atomic mass is 32.1. The highest BCUT2D eigenvalue weighted by Crippen LogP contribution is 2.22. The van der Waals surface area contributed by atoms with E-state index in [4.69, 9.17) is 0 Å². The van der Waals surface area contributed by atoms with Crippen molar-refractivity contribution in [3.63, 3.8) is 0 Å². The molecule has 0 amide bonds. The van der Waals surface area contributed by atoms with Crippen molar-refractivity contribution >= 4 is 33.4 Å². The number of ketones is 1. The number of H-pyrrole nitrogens is 1. The largest absolute Gasteiger partial charge is 0.313 e. The maximum Gasteiger partial charge on any atom is 0.260 e. The summed E-state index contributed by atoms with van der Waals surface area (Å²) in [7, 11) is 0. The molecule has 0 aliphatic carbocycles. The molecule has 0 spiro atoms. The third-order valence-corrected chi connectivity index (χ3v) is 4.68. The van der Waals surface area contributed by atoms with Crippen molar-refractivity contribution in [2.75, 3.05) is 0 Å². The average Bonchev–Trinajstić information content (AvgIpc) is 2.94. The van der Waals surface area contributed by atoms with E-state index < -0.39 is 0 Å². The van der Waals surface area contributed by atoms with Gasteiger partial charge in [0, 0.05) is 17.3 Å². The molecule has 23 heavy (non-hydrogen) atoms. The topological polar surface area (TPSA) is 62.8 Å². The molecule has 0 unspecified atom stereocenters. The van der Waals surface area contributed by atoms with Gasteiger partial charge in [-0.25, -0.2) is 0 Å². The number of aryl methyl sites for hydroxylation is 3. The van der Waals surface area contributed by atoms with Gasteiger partial charge in [0.05, 0.1) is 5.56 Å². The van der Waals surface area contributed by atoms with E-state index in [0.717, 1.165) is 32.6 Å². The van der Waals surface area contributed by atoms with E-state index in [2.05, 4.69) is 9.97 Å². The summed E-state index contributed by atoms with van der Waals surface area (Å²) in [6.07, 6.45) is 4.88. The van der Waals surface area contributed by atoms with E-state index in [1.54, 1.807) is 12.3 Å². The zero-order chi connectivity index (χ0) is 16.6. The number of thiophene rings is 1. The molecule has 0 aromatic carbocycles. The maximum atomic E-state index is 12.5. The van der Waals surface area contributed by atoms with Crippen LogP contribution in [-0.2, 0) is 0 Å². The van der Waals surface area contributed by atoms with Gasteiger partial charge in [-0.05, 0) is 67.1 Å². The maximum absolute atomic E-state index is 12.5. The second kappa shape index (κ2) is 5.93. The van der Waals surface area contributed by atoms with Gasteiger partial charge in [-0.1, -0.05) is 0 Å². The summed E-state index contributed by atoms with van der Waals surface area (Å²) in [5, 5.41) is 2.82. The first-order valence-corrected chi connectivity index (χ1v) is 8.11. The molecule has 1 N–H and O–H groups in total. The van der Waals surface area contributed by atoms with Crippen LogP contribution in [0.15, 0.2) is 34.6 Å². The zero-order valence-corrected chi connectivity index (χ0v) is 14.0. The summed E-state index contributed by atoms with van der Waals surface area (Å²) < 4.78 is 0. The fourth-order valence-corrected chi connectivity index (χ4v) is 3.44. The summed E-state index contributed by atoms with van der Waals surface area (Å²) in [6, 6.07) is 3.87. The van der Waals surface area contributed by atoms with Crippen molar-refractivity contribution in [2.24, 2.45) is 0 Å². The van der Waals surface area contributed by atoms with Gasteiger partial charge in [0.15, 0.2) is 5.78 Å². The highest BCUT2D eigenvalue weighted by molar-refractivity contribution is 7.16. The van der Waals surface area contributed by atoms with Gasteiger partial charge in [0.1, 0.15) is 4.83 Å². The number of hydrogen-bond acceptors (Lipinski definition) is 4. The van der Waals surface area contributed by atoms with E-state index in [1.807, 2.05) is 38.3 Å². The molecule has 0 atom stereocenters. The number of carbonyl (C=O) groups excluding carboxylic acids is 1. The molecular weight excluding hydrogens is 308 g/mol. The predicted octanol–water partition coefficient (Wildman–Crippen LogP) is 3.81. The number of nitrogens with one attached hydrogen (secondary N) is 1. The molecule has 5 heteroatoms. The first-order chi connectivity index (χ1) is 11.0. The number of nitrogens with zero attached hydrogens (tertiary/aromatic N) is 1. The molecule has 0 radical (unpaired) electrons. The summed E-state index contributed by atoms with van der Waals surface area (Å²) in [6.45, 7) is 5.70. The van der Waals surface area contributed by atoms with E-state index in [1.165, 1.54) is 17.4 Å². The van der Waals surface area contributed by atoms with Crippen LogP contribution in [0.25, 0.3) is 16.3 Å². The van der Waals surface area contributed by atoms with Crippen LogP contribution in [0.3, 0.4) is 0 Å². The van der Waals surface area contributed by atoms with Crippen molar-refractivity contribution in [2.45, 2.75) is 20.8 Å². The molecule has 0 fully saturated rings. The van der Waals surface area contributed by atoms with Gasteiger partial charge in [-0.2, -0.15) is 0 Å². The van der Waals surface area contributed by atoms with Crippen LogP contribution in [0.1, 0.15) is 32.7 Å². The molecule has 3 heterocycles. The number of fused-ring (bicyclic) bond motifs is 1. The Kier molecular flexibility index (Phi) is 3.96. The van der Waals surface area contributed by atoms with Crippen LogP contribution in [0, 0.1) is 20.8 Å². The van der Waals surface area contributed by atoms with Crippen LogP contribution in [0.4, 0.5) is 0 Å². The Morgan fingerprint density at radius 1 is 1.30 bits per heavy atom. The number of aromatic amines is 1. The van der Waals surface area contributed by atoms with E-state index in [9.17, 15) is 9.59 Å². The fourth-order valence-electron chi connectivity index (χ4n) is 2.60. The highest BCUT2D eigenvalue weighted by Gasteiger charge is 2.15. The van der Waals surface area contributed by atoms with Gasteiger partial charge in [0.25, 0.3) is 5.56 Å². The number of hydrogen-bond donors (Lipinski definition) is 1. The second-order valence-corrected chi connectivity index (χ2v) is 6.41. The molecule has 0 saturated heterocycles. The Morgan fingerprint density at radius 2 is 2.09 bits per heavy atom. The molecule has 0 aliphatic rings. The van der Waals surface area contributed by atoms with Crippen LogP contribution in [0.5, 0.6) is 0 Å². The molecule has 3 aromatic heterocycles. The molecule has 0 saturated carbocycles. The minimum absolute atomic E-state index is 0.199. The summed E-state index contributed by atoms with van der Waals surface area (Å²) in [5.41, 5.74) is 3.42. The van der Waals surface area contributed by atoms with Crippen molar-refractivity contribution in [1.29, 1.82) is 0 Å². The summed E-state index contributed by atoms with van der Waals surface area (Å²) >= 11 is 1.46. The van der Waals surface area contributed by atoms with Crippen molar-refractivity contribution in [3.8, 4) is 0 Å². The van der Waals surface area contributed by atoms with E-state index >= 15 is 0 Å². The first kappa shape index (κ1) is 15.4. The van der Waals surface area contributed by atoms with Crippen molar-refractivity contribution < 1.29 is 4.79 Å². The fraction of sp³-hybridized carbons (Fsp3) is 0.167. The Bertz CT molecular complexity index is 996. The Morgan fingerprint density at radius 3 is 2.83 bits per heavy atom. The first-order valence-electron chi connectivity index (χ1n) is 7.23.